The SMILES string of the molecule is CN(CCC(=O)O)C(=O)NCC1CCCc2ccccc21. The Balaban J connectivity index is 1.86. The molecule has 114 valence electrons. The third-order valence-corrected chi connectivity index (χ3v) is 4.00. The van der Waals surface area contributed by atoms with Gasteiger partial charge in [0.25, 0.3) is 0 Å². The van der Waals surface area contributed by atoms with Gasteiger partial charge in [-0.3, -0.25) is 4.79 Å². The lowest BCUT2D eigenvalue weighted by atomic mass is 9.83. The Morgan fingerprint density at radius 1 is 1.38 bits per heavy atom. The van der Waals surface area contributed by atoms with Gasteiger partial charge in [0.15, 0.2) is 0 Å². The smallest absolute Gasteiger partial charge is 0.317 e. The quantitative estimate of drug-likeness (QED) is 0.873. The van der Waals surface area contributed by atoms with Crippen LogP contribution >= 0.6 is 0 Å². The summed E-state index contributed by atoms with van der Waals surface area (Å²) >= 11 is 0. The Morgan fingerprint density at radius 3 is 2.90 bits per heavy atom. The fourth-order valence-corrected chi connectivity index (χ4v) is 2.78. The third kappa shape index (κ3) is 4.21. The summed E-state index contributed by atoms with van der Waals surface area (Å²) in [5.41, 5.74) is 2.71. The Hall–Kier alpha value is -2.04. The van der Waals surface area contributed by atoms with E-state index in [2.05, 4.69) is 23.5 Å². The van der Waals surface area contributed by atoms with E-state index in [0.717, 1.165) is 19.3 Å². The zero-order valence-corrected chi connectivity index (χ0v) is 12.3. The van der Waals surface area contributed by atoms with Crippen LogP contribution in [0.5, 0.6) is 0 Å². The van der Waals surface area contributed by atoms with Crippen LogP contribution in [0.15, 0.2) is 24.3 Å². The number of hydrogen-bond donors (Lipinski definition) is 2. The van der Waals surface area contributed by atoms with Crippen molar-refractivity contribution in [2.75, 3.05) is 20.1 Å². The summed E-state index contributed by atoms with van der Waals surface area (Å²) in [7, 11) is 1.62. The van der Waals surface area contributed by atoms with E-state index in [9.17, 15) is 9.59 Å². The first-order valence-corrected chi connectivity index (χ1v) is 7.36. The highest BCUT2D eigenvalue weighted by atomic mass is 16.4. The van der Waals surface area contributed by atoms with Gasteiger partial charge in [0.1, 0.15) is 0 Å². The van der Waals surface area contributed by atoms with Crippen LogP contribution in [0.25, 0.3) is 0 Å². The van der Waals surface area contributed by atoms with Crippen molar-refractivity contribution in [1.29, 1.82) is 0 Å². The number of carboxylic acid groups (broad SMARTS) is 1. The number of rotatable bonds is 5. The highest BCUT2D eigenvalue weighted by molar-refractivity contribution is 5.75. The molecule has 5 nitrogen and oxygen atoms in total. The minimum absolute atomic E-state index is 0.0316. The molecule has 1 aliphatic rings. The number of aryl methyl sites for hydroxylation is 1. The highest BCUT2D eigenvalue weighted by Gasteiger charge is 2.20. The monoisotopic (exact) mass is 290 g/mol. The van der Waals surface area contributed by atoms with Gasteiger partial charge in [-0.05, 0) is 30.4 Å². The molecule has 2 N–H and O–H groups in total. The predicted octanol–water partition coefficient (Wildman–Crippen LogP) is 2.22. The van der Waals surface area contributed by atoms with Gasteiger partial charge in [-0.2, -0.15) is 0 Å². The standard InChI is InChI=1S/C16H22N2O3/c1-18(10-9-15(19)20)16(21)17-11-13-7-4-6-12-5-2-3-8-14(12)13/h2-3,5,8,13H,4,6-7,9-11H2,1H3,(H,17,21)(H,19,20). The maximum atomic E-state index is 11.9. The maximum Gasteiger partial charge on any atom is 0.317 e. The van der Waals surface area contributed by atoms with E-state index in [-0.39, 0.29) is 19.0 Å². The first-order valence-electron chi connectivity index (χ1n) is 7.36. The molecule has 1 aliphatic carbocycles. The van der Waals surface area contributed by atoms with Crippen molar-refractivity contribution in [3.63, 3.8) is 0 Å². The lowest BCUT2D eigenvalue weighted by Gasteiger charge is -2.26. The number of carbonyl (C=O) groups excluding carboxylic acids is 1. The van der Waals surface area contributed by atoms with Gasteiger partial charge < -0.3 is 15.3 Å². The Morgan fingerprint density at radius 2 is 2.14 bits per heavy atom. The van der Waals surface area contributed by atoms with Gasteiger partial charge >= 0.3 is 12.0 Å². The minimum Gasteiger partial charge on any atom is -0.481 e. The number of fused-ring (bicyclic) bond motifs is 1. The van der Waals surface area contributed by atoms with Gasteiger partial charge in [-0.1, -0.05) is 24.3 Å². The molecule has 0 aromatic heterocycles. The zero-order chi connectivity index (χ0) is 15.2. The largest absolute Gasteiger partial charge is 0.481 e. The predicted molar refractivity (Wildman–Crippen MR) is 80.4 cm³/mol. The fraction of sp³-hybridized carbons (Fsp3) is 0.500. The number of hydrogen-bond acceptors (Lipinski definition) is 2. The summed E-state index contributed by atoms with van der Waals surface area (Å²) in [5.74, 6) is -0.539. The number of aliphatic carboxylic acids is 1. The molecule has 0 saturated carbocycles. The lowest BCUT2D eigenvalue weighted by Crippen LogP contribution is -2.40. The highest BCUT2D eigenvalue weighted by Crippen LogP contribution is 2.30. The van der Waals surface area contributed by atoms with Crippen LogP contribution in [-0.2, 0) is 11.2 Å². The molecule has 21 heavy (non-hydrogen) atoms. The van der Waals surface area contributed by atoms with Crippen molar-refractivity contribution in [1.82, 2.24) is 10.2 Å². The molecule has 1 aromatic rings. The second-order valence-electron chi connectivity index (χ2n) is 5.54. The number of carbonyl (C=O) groups is 2. The van der Waals surface area contributed by atoms with E-state index in [1.165, 1.54) is 16.0 Å². The molecular formula is C16H22N2O3. The van der Waals surface area contributed by atoms with E-state index < -0.39 is 5.97 Å². The summed E-state index contributed by atoms with van der Waals surface area (Å²) in [6.45, 7) is 0.829. The van der Waals surface area contributed by atoms with Gasteiger partial charge in [0.05, 0.1) is 6.42 Å². The second kappa shape index (κ2) is 7.11. The molecule has 0 saturated heterocycles. The van der Waals surface area contributed by atoms with Crippen molar-refractivity contribution in [3.05, 3.63) is 35.4 Å². The van der Waals surface area contributed by atoms with Crippen molar-refractivity contribution in [2.24, 2.45) is 0 Å². The van der Waals surface area contributed by atoms with Crippen LogP contribution in [0.2, 0.25) is 0 Å². The maximum absolute atomic E-state index is 11.9. The average Bonchev–Trinajstić information content (AvgIpc) is 2.50. The van der Waals surface area contributed by atoms with Gasteiger partial charge in [-0.15, -0.1) is 0 Å². The summed E-state index contributed by atoms with van der Waals surface area (Å²) in [6, 6.07) is 8.18. The van der Waals surface area contributed by atoms with Crippen molar-refractivity contribution in [2.45, 2.75) is 31.6 Å². The topological polar surface area (TPSA) is 69.6 Å². The average molecular weight is 290 g/mol. The number of nitrogens with one attached hydrogen (secondary N) is 1. The first kappa shape index (κ1) is 15.4. The molecule has 0 aliphatic heterocycles. The molecule has 0 heterocycles. The number of urea groups is 1. The summed E-state index contributed by atoms with van der Waals surface area (Å²) in [6.07, 6.45) is 3.30. The van der Waals surface area contributed by atoms with E-state index in [1.807, 2.05) is 6.07 Å². The summed E-state index contributed by atoms with van der Waals surface area (Å²) in [4.78, 5) is 23.9. The van der Waals surface area contributed by atoms with Crippen LogP contribution in [0.4, 0.5) is 4.79 Å². The lowest BCUT2D eigenvalue weighted by molar-refractivity contribution is -0.137. The van der Waals surface area contributed by atoms with Crippen LogP contribution in [0.1, 0.15) is 36.3 Å². The Labute approximate surface area is 125 Å². The number of carboxylic acids is 1. The van der Waals surface area contributed by atoms with Crippen molar-refractivity contribution >= 4 is 12.0 Å². The van der Waals surface area contributed by atoms with Crippen molar-refractivity contribution in [3.8, 4) is 0 Å². The molecule has 2 rings (SSSR count). The van der Waals surface area contributed by atoms with Gasteiger partial charge in [0, 0.05) is 26.1 Å². The molecular weight excluding hydrogens is 268 g/mol. The van der Waals surface area contributed by atoms with E-state index >= 15 is 0 Å². The molecule has 2 amide bonds. The van der Waals surface area contributed by atoms with Crippen LogP contribution in [0.3, 0.4) is 0 Å². The van der Waals surface area contributed by atoms with Gasteiger partial charge in [0.2, 0.25) is 0 Å². The Bertz CT molecular complexity index is 516. The molecule has 0 bridgehead atoms. The number of benzene rings is 1. The molecule has 5 heteroatoms. The molecule has 1 aromatic carbocycles. The second-order valence-corrected chi connectivity index (χ2v) is 5.54. The summed E-state index contributed by atoms with van der Waals surface area (Å²) in [5, 5.41) is 11.5. The molecule has 0 fully saturated rings. The Kier molecular flexibility index (Phi) is 5.20. The van der Waals surface area contributed by atoms with E-state index in [0.29, 0.717) is 12.5 Å². The third-order valence-electron chi connectivity index (χ3n) is 4.00. The molecule has 1 atom stereocenters. The molecule has 0 radical (unpaired) electrons. The van der Waals surface area contributed by atoms with Crippen molar-refractivity contribution < 1.29 is 14.7 Å². The number of nitrogens with zero attached hydrogens (tertiary/aromatic N) is 1. The molecule has 1 unspecified atom stereocenters. The zero-order valence-electron chi connectivity index (χ0n) is 12.3. The number of amides is 2. The van der Waals surface area contributed by atoms with Gasteiger partial charge in [-0.25, -0.2) is 4.79 Å². The normalized spacial score (nSPS) is 16.9. The minimum atomic E-state index is -0.893. The first-order chi connectivity index (χ1) is 10.1. The molecule has 0 spiro atoms. The van der Waals surface area contributed by atoms with Crippen LogP contribution < -0.4 is 5.32 Å². The van der Waals surface area contributed by atoms with E-state index in [1.54, 1.807) is 7.05 Å². The summed E-state index contributed by atoms with van der Waals surface area (Å²) < 4.78 is 0. The van der Waals surface area contributed by atoms with E-state index in [4.69, 9.17) is 5.11 Å². The fourth-order valence-electron chi connectivity index (χ4n) is 2.78. The van der Waals surface area contributed by atoms with Crippen LogP contribution in [0, 0.1) is 0 Å². The van der Waals surface area contributed by atoms with Crippen LogP contribution in [-0.4, -0.2) is 42.1 Å².